The molecular weight excluding hydrogens is 224 g/mol. The molecule has 0 spiro atoms. The van der Waals surface area contributed by atoms with Gasteiger partial charge in [0.1, 0.15) is 0 Å². The number of carbonyl (C=O) groups is 1. The van der Waals surface area contributed by atoms with Gasteiger partial charge in [-0.15, -0.1) is 0 Å². The lowest BCUT2D eigenvalue weighted by Crippen LogP contribution is -2.38. The van der Waals surface area contributed by atoms with E-state index in [0.717, 1.165) is 25.3 Å². The number of nitrogens with one attached hydrogen (secondary N) is 1. The van der Waals surface area contributed by atoms with E-state index in [0.29, 0.717) is 18.4 Å². The summed E-state index contributed by atoms with van der Waals surface area (Å²) in [5.74, 6) is 2.42. The summed E-state index contributed by atoms with van der Waals surface area (Å²) in [5, 5.41) is 3.18. The van der Waals surface area contributed by atoms with Crippen LogP contribution in [0.4, 0.5) is 0 Å². The van der Waals surface area contributed by atoms with Crippen LogP contribution in [-0.4, -0.2) is 19.0 Å². The normalized spacial score (nSPS) is 36.6. The minimum Gasteiger partial charge on any atom is -0.356 e. The van der Waals surface area contributed by atoms with Crippen LogP contribution in [-0.2, 0) is 4.79 Å². The van der Waals surface area contributed by atoms with Crippen molar-refractivity contribution in [1.29, 1.82) is 0 Å². The third kappa shape index (κ3) is 3.47. The van der Waals surface area contributed by atoms with Crippen LogP contribution in [0.25, 0.3) is 0 Å². The Labute approximate surface area is 111 Å². The smallest absolute Gasteiger partial charge is 0.223 e. The Morgan fingerprint density at radius 1 is 1.22 bits per heavy atom. The van der Waals surface area contributed by atoms with Gasteiger partial charge in [-0.2, -0.15) is 0 Å². The molecule has 2 aliphatic rings. The first kappa shape index (κ1) is 13.9. The Morgan fingerprint density at radius 2 is 2.00 bits per heavy atom. The van der Waals surface area contributed by atoms with Crippen molar-refractivity contribution in [3.05, 3.63) is 0 Å². The summed E-state index contributed by atoms with van der Waals surface area (Å²) >= 11 is 0. The number of amides is 1. The van der Waals surface area contributed by atoms with E-state index < -0.39 is 0 Å². The molecule has 1 amide bonds. The van der Waals surface area contributed by atoms with E-state index in [-0.39, 0.29) is 11.8 Å². The van der Waals surface area contributed by atoms with E-state index in [4.69, 9.17) is 5.73 Å². The number of nitrogens with two attached hydrogens (primary N) is 1. The number of carbonyl (C=O) groups excluding carboxylic acids is 1. The second kappa shape index (κ2) is 6.55. The Balaban J connectivity index is 1.74. The van der Waals surface area contributed by atoms with Gasteiger partial charge in [0.2, 0.25) is 5.91 Å². The zero-order chi connectivity index (χ0) is 13.0. The number of rotatable bonds is 4. The molecule has 2 unspecified atom stereocenters. The van der Waals surface area contributed by atoms with E-state index in [9.17, 15) is 4.79 Å². The van der Waals surface area contributed by atoms with E-state index >= 15 is 0 Å². The first-order valence-corrected chi connectivity index (χ1v) is 7.68. The second-order valence-electron chi connectivity index (χ2n) is 6.42. The van der Waals surface area contributed by atoms with Gasteiger partial charge >= 0.3 is 0 Å². The number of hydrogen-bond donors (Lipinski definition) is 2. The minimum atomic E-state index is 0.191. The van der Waals surface area contributed by atoms with Crippen molar-refractivity contribution in [2.75, 3.05) is 13.1 Å². The van der Waals surface area contributed by atoms with Gasteiger partial charge in [0, 0.05) is 12.5 Å². The van der Waals surface area contributed by atoms with Crippen LogP contribution in [0.3, 0.4) is 0 Å². The monoisotopic (exact) mass is 252 g/mol. The zero-order valence-electron chi connectivity index (χ0n) is 11.7. The Morgan fingerprint density at radius 3 is 2.72 bits per heavy atom. The van der Waals surface area contributed by atoms with Crippen LogP contribution in [0.2, 0.25) is 0 Å². The molecule has 3 heteroatoms. The molecule has 18 heavy (non-hydrogen) atoms. The van der Waals surface area contributed by atoms with Crippen molar-refractivity contribution < 1.29 is 4.79 Å². The predicted octanol–water partition coefficient (Wildman–Crippen LogP) is 2.30. The topological polar surface area (TPSA) is 55.1 Å². The molecule has 0 saturated heterocycles. The minimum absolute atomic E-state index is 0.191. The zero-order valence-corrected chi connectivity index (χ0v) is 11.7. The summed E-state index contributed by atoms with van der Waals surface area (Å²) in [5.41, 5.74) is 5.74. The van der Waals surface area contributed by atoms with Crippen molar-refractivity contribution in [2.45, 2.75) is 51.9 Å². The largest absolute Gasteiger partial charge is 0.356 e. The molecule has 2 aliphatic carbocycles. The van der Waals surface area contributed by atoms with Gasteiger partial charge in [0.05, 0.1) is 0 Å². The average molecular weight is 252 g/mol. The lowest BCUT2D eigenvalue weighted by Gasteiger charge is -2.27. The highest BCUT2D eigenvalue weighted by atomic mass is 16.1. The van der Waals surface area contributed by atoms with Gasteiger partial charge in [0.25, 0.3) is 0 Å². The second-order valence-corrected chi connectivity index (χ2v) is 6.42. The summed E-state index contributed by atoms with van der Waals surface area (Å²) in [6.45, 7) is 3.88. The quantitative estimate of drug-likeness (QED) is 0.806. The molecule has 3 nitrogen and oxygen atoms in total. The van der Waals surface area contributed by atoms with Crippen molar-refractivity contribution in [1.82, 2.24) is 5.32 Å². The third-order valence-corrected chi connectivity index (χ3v) is 4.91. The van der Waals surface area contributed by atoms with Crippen molar-refractivity contribution in [3.8, 4) is 0 Å². The van der Waals surface area contributed by atoms with Crippen LogP contribution in [0.15, 0.2) is 0 Å². The average Bonchev–Trinajstić information content (AvgIpc) is 2.84. The summed E-state index contributed by atoms with van der Waals surface area (Å²) in [6, 6.07) is 0. The molecule has 0 aliphatic heterocycles. The van der Waals surface area contributed by atoms with Crippen LogP contribution >= 0.6 is 0 Å². The van der Waals surface area contributed by atoms with Gasteiger partial charge in [-0.25, -0.2) is 0 Å². The van der Waals surface area contributed by atoms with Crippen LogP contribution in [0, 0.1) is 23.7 Å². The summed E-state index contributed by atoms with van der Waals surface area (Å²) < 4.78 is 0. The maximum absolute atomic E-state index is 12.2. The molecule has 104 valence electrons. The van der Waals surface area contributed by atoms with E-state index in [1.807, 2.05) is 0 Å². The van der Waals surface area contributed by atoms with E-state index in [1.165, 1.54) is 32.1 Å². The van der Waals surface area contributed by atoms with Gasteiger partial charge in [-0.3, -0.25) is 4.79 Å². The molecule has 4 atom stereocenters. The first-order valence-electron chi connectivity index (χ1n) is 7.68. The van der Waals surface area contributed by atoms with Crippen LogP contribution in [0.5, 0.6) is 0 Å². The molecule has 0 bridgehead atoms. The molecule has 0 radical (unpaired) electrons. The Kier molecular flexibility index (Phi) is 5.04. The molecule has 0 aromatic carbocycles. The fourth-order valence-corrected chi connectivity index (χ4v) is 3.79. The molecular formula is C15H28N2O. The SMILES string of the molecule is CC1CCCC(CNC(=O)[C@@H]2CCC[C@@H]2CN)C1. The molecule has 2 rings (SSSR count). The molecule has 0 aromatic heterocycles. The highest BCUT2D eigenvalue weighted by molar-refractivity contribution is 5.79. The third-order valence-electron chi connectivity index (χ3n) is 4.91. The molecule has 3 N–H and O–H groups in total. The van der Waals surface area contributed by atoms with Crippen LogP contribution in [0.1, 0.15) is 51.9 Å². The molecule has 2 saturated carbocycles. The lowest BCUT2D eigenvalue weighted by atomic mass is 9.82. The molecule has 0 heterocycles. The highest BCUT2D eigenvalue weighted by Crippen LogP contribution is 2.31. The van der Waals surface area contributed by atoms with Gasteiger partial charge in [-0.1, -0.05) is 26.2 Å². The maximum atomic E-state index is 12.2. The summed E-state index contributed by atoms with van der Waals surface area (Å²) in [7, 11) is 0. The van der Waals surface area contributed by atoms with E-state index in [2.05, 4.69) is 12.2 Å². The van der Waals surface area contributed by atoms with Crippen molar-refractivity contribution >= 4 is 5.91 Å². The van der Waals surface area contributed by atoms with Gasteiger partial charge in [-0.05, 0) is 50.0 Å². The fourth-order valence-electron chi connectivity index (χ4n) is 3.79. The Bertz CT molecular complexity index is 280. The fraction of sp³-hybridized carbons (Fsp3) is 0.933. The maximum Gasteiger partial charge on any atom is 0.223 e. The van der Waals surface area contributed by atoms with Crippen molar-refractivity contribution in [3.63, 3.8) is 0 Å². The first-order chi connectivity index (χ1) is 8.70. The lowest BCUT2D eigenvalue weighted by molar-refractivity contribution is -0.126. The molecule has 2 fully saturated rings. The van der Waals surface area contributed by atoms with Crippen LogP contribution < -0.4 is 11.1 Å². The van der Waals surface area contributed by atoms with E-state index in [1.54, 1.807) is 0 Å². The Hall–Kier alpha value is -0.570. The summed E-state index contributed by atoms with van der Waals surface area (Å²) in [6.07, 6.45) is 8.60. The number of hydrogen-bond acceptors (Lipinski definition) is 2. The predicted molar refractivity (Wildman–Crippen MR) is 74.0 cm³/mol. The summed E-state index contributed by atoms with van der Waals surface area (Å²) in [4.78, 5) is 12.2. The molecule has 0 aromatic rings. The van der Waals surface area contributed by atoms with Crippen molar-refractivity contribution in [2.24, 2.45) is 29.4 Å². The highest BCUT2D eigenvalue weighted by Gasteiger charge is 2.32. The standard InChI is InChI=1S/C15H28N2O/c1-11-4-2-5-12(8-11)10-17-15(18)14-7-3-6-13(14)9-16/h11-14H,2-10,16H2,1H3,(H,17,18)/t11?,12?,13-,14-/m1/s1. The van der Waals surface area contributed by atoms with Gasteiger partial charge in [0.15, 0.2) is 0 Å². The van der Waals surface area contributed by atoms with Gasteiger partial charge < -0.3 is 11.1 Å².